The number of ether oxygens (including phenoxy) is 1. The number of carbonyl (C=O) groups excluding carboxylic acids is 3. The number of thioether (sulfide) groups is 1. The molecule has 5 aromatic rings. The topological polar surface area (TPSA) is 109 Å². The summed E-state index contributed by atoms with van der Waals surface area (Å²) in [5.74, 6) is -3.46. The molecule has 0 aliphatic carbocycles. The monoisotopic (exact) mass is 661 g/mol. The number of imide groups is 1. The zero-order valence-electron chi connectivity index (χ0n) is 23.5. The van der Waals surface area contributed by atoms with Gasteiger partial charge in [-0.15, -0.1) is 0 Å². The minimum Gasteiger partial charge on any atom is -0.483 e. The number of amides is 3. The Kier molecular flexibility index (Phi) is 7.44. The first-order valence-corrected chi connectivity index (χ1v) is 15.7. The molecule has 0 saturated carbocycles. The Hall–Kier alpha value is -4.88. The average molecular weight is 662 g/mol. The molecule has 0 radical (unpaired) electrons. The lowest BCUT2D eigenvalue weighted by molar-refractivity contribution is -0.137. The van der Waals surface area contributed by atoms with Gasteiger partial charge in [-0.25, -0.2) is 4.90 Å². The lowest BCUT2D eigenvalue weighted by Crippen LogP contribution is -2.32. The average Bonchev–Trinajstić information content (AvgIpc) is 3.54. The molecular formula is C33H22F3N3O5S2. The van der Waals surface area contributed by atoms with Crippen molar-refractivity contribution in [2.75, 3.05) is 16.8 Å². The summed E-state index contributed by atoms with van der Waals surface area (Å²) in [6.45, 7) is -0.380. The number of nitrogens with zero attached hydrogens (tertiary/aromatic N) is 1. The normalized spacial score (nSPS) is 19.2. The molecule has 3 unspecified atom stereocenters. The number of fused-ring (bicyclic) bond motifs is 3. The number of aromatic amines is 1. The van der Waals surface area contributed by atoms with Crippen molar-refractivity contribution >= 4 is 63.0 Å². The predicted octanol–water partition coefficient (Wildman–Crippen LogP) is 6.42. The van der Waals surface area contributed by atoms with E-state index in [4.69, 9.17) is 4.74 Å². The van der Waals surface area contributed by atoms with Crippen molar-refractivity contribution in [2.45, 2.75) is 22.4 Å². The number of rotatable bonds is 6. The molecule has 46 heavy (non-hydrogen) atoms. The van der Waals surface area contributed by atoms with E-state index in [1.165, 1.54) is 6.07 Å². The number of carbonyl (C=O) groups is 3. The van der Waals surface area contributed by atoms with E-state index in [0.29, 0.717) is 21.2 Å². The van der Waals surface area contributed by atoms with Gasteiger partial charge in [0, 0.05) is 27.4 Å². The molecule has 13 heteroatoms. The number of alkyl halides is 3. The molecule has 0 spiro atoms. The van der Waals surface area contributed by atoms with E-state index < -0.39 is 46.5 Å². The first-order valence-electron chi connectivity index (χ1n) is 14.0. The fourth-order valence-corrected chi connectivity index (χ4v) is 8.47. The second-order valence-electron chi connectivity index (χ2n) is 10.7. The molecule has 2 N–H and O–H groups in total. The van der Waals surface area contributed by atoms with E-state index in [1.807, 2.05) is 36.4 Å². The van der Waals surface area contributed by atoms with Crippen LogP contribution < -0.4 is 19.8 Å². The number of benzene rings is 4. The Balaban J connectivity index is 1.21. The zero-order chi connectivity index (χ0) is 32.2. The number of H-pyrrole nitrogens is 1. The summed E-state index contributed by atoms with van der Waals surface area (Å²) in [6.07, 6.45) is -4.67. The van der Waals surface area contributed by atoms with Crippen LogP contribution in [0.4, 0.5) is 24.5 Å². The minimum absolute atomic E-state index is 0.190. The second-order valence-corrected chi connectivity index (χ2v) is 12.9. The fourth-order valence-electron chi connectivity index (χ4n) is 5.96. The number of para-hydroxylation sites is 1. The van der Waals surface area contributed by atoms with Crippen LogP contribution in [0.25, 0.3) is 10.8 Å². The van der Waals surface area contributed by atoms with Gasteiger partial charge in [0.25, 0.3) is 5.91 Å². The molecule has 3 heterocycles. The molecular weight excluding hydrogens is 640 g/mol. The van der Waals surface area contributed by atoms with E-state index >= 15 is 0 Å². The number of hydrogen-bond donors (Lipinski definition) is 2. The van der Waals surface area contributed by atoms with Crippen LogP contribution in [0.3, 0.4) is 0 Å². The molecule has 4 aromatic carbocycles. The van der Waals surface area contributed by atoms with Crippen molar-refractivity contribution in [3.63, 3.8) is 0 Å². The van der Waals surface area contributed by atoms with E-state index in [9.17, 15) is 32.3 Å². The van der Waals surface area contributed by atoms with Crippen molar-refractivity contribution in [2.24, 2.45) is 5.92 Å². The van der Waals surface area contributed by atoms with E-state index in [0.717, 1.165) is 57.0 Å². The number of anilines is 2. The van der Waals surface area contributed by atoms with Crippen LogP contribution >= 0.6 is 23.1 Å². The van der Waals surface area contributed by atoms with E-state index in [-0.39, 0.29) is 22.9 Å². The van der Waals surface area contributed by atoms with Gasteiger partial charge in [0.05, 0.1) is 22.2 Å². The maximum atomic E-state index is 14.0. The Labute approximate surface area is 267 Å². The number of halogens is 3. The number of nitrogens with one attached hydrogen (secondary N) is 2. The Bertz CT molecular complexity index is 2090. The molecule has 232 valence electrons. The maximum Gasteiger partial charge on any atom is 0.416 e. The molecule has 7 rings (SSSR count). The summed E-state index contributed by atoms with van der Waals surface area (Å²) in [5, 5.41) is 4.05. The first-order chi connectivity index (χ1) is 22.1. The summed E-state index contributed by atoms with van der Waals surface area (Å²) in [7, 11) is 0. The highest BCUT2D eigenvalue weighted by Gasteiger charge is 2.57. The van der Waals surface area contributed by atoms with Gasteiger partial charge >= 0.3 is 11.0 Å². The van der Waals surface area contributed by atoms with E-state index in [2.05, 4.69) is 10.3 Å². The minimum atomic E-state index is -4.67. The maximum absolute atomic E-state index is 14.0. The number of thiazole rings is 1. The van der Waals surface area contributed by atoms with Crippen LogP contribution in [-0.2, 0) is 20.6 Å². The fraction of sp³-hybridized carbons (Fsp3) is 0.152. The summed E-state index contributed by atoms with van der Waals surface area (Å²) in [5.41, 5.74) is -0.114. The Morgan fingerprint density at radius 3 is 2.48 bits per heavy atom. The lowest BCUT2D eigenvalue weighted by atomic mass is 9.82. The highest BCUT2D eigenvalue weighted by atomic mass is 32.2. The quantitative estimate of drug-likeness (QED) is 0.203. The zero-order valence-corrected chi connectivity index (χ0v) is 25.2. The van der Waals surface area contributed by atoms with Crippen LogP contribution in [-0.4, -0.2) is 34.6 Å². The summed E-state index contributed by atoms with van der Waals surface area (Å²) < 4.78 is 46.5. The molecule has 2 aliphatic rings. The summed E-state index contributed by atoms with van der Waals surface area (Å²) >= 11 is 1.90. The predicted molar refractivity (Wildman–Crippen MR) is 168 cm³/mol. The van der Waals surface area contributed by atoms with Gasteiger partial charge in [-0.1, -0.05) is 83.8 Å². The van der Waals surface area contributed by atoms with Crippen LogP contribution in [0.2, 0.25) is 0 Å². The van der Waals surface area contributed by atoms with Gasteiger partial charge in [0.1, 0.15) is 11.0 Å². The van der Waals surface area contributed by atoms with Gasteiger partial charge in [-0.05, 0) is 35.7 Å². The van der Waals surface area contributed by atoms with Gasteiger partial charge in [0.15, 0.2) is 6.61 Å². The van der Waals surface area contributed by atoms with Gasteiger partial charge in [-0.3, -0.25) is 19.2 Å². The van der Waals surface area contributed by atoms with E-state index in [1.54, 1.807) is 30.3 Å². The third-order valence-electron chi connectivity index (χ3n) is 7.93. The highest BCUT2D eigenvalue weighted by molar-refractivity contribution is 8.00. The second kappa shape index (κ2) is 11.5. The SMILES string of the molecule is O=C(COc1ccccc1C1c2sc(=O)[nH]c2SC2C(=O)N(c3cccc(C(F)(F)F)c3)C(=O)C21)Nc1cccc2ccccc12. The van der Waals surface area contributed by atoms with Crippen LogP contribution in [0, 0.1) is 5.92 Å². The Morgan fingerprint density at radius 1 is 0.913 bits per heavy atom. The number of aromatic nitrogens is 1. The summed E-state index contributed by atoms with van der Waals surface area (Å²) in [6, 6.07) is 23.9. The molecule has 3 amide bonds. The molecule has 1 aromatic heterocycles. The van der Waals surface area contributed by atoms with Gasteiger partial charge in [-0.2, -0.15) is 13.2 Å². The largest absolute Gasteiger partial charge is 0.483 e. The highest BCUT2D eigenvalue weighted by Crippen LogP contribution is 2.54. The molecule has 1 fully saturated rings. The third-order valence-corrected chi connectivity index (χ3v) is 10.3. The van der Waals surface area contributed by atoms with Crippen molar-refractivity contribution < 1.29 is 32.3 Å². The van der Waals surface area contributed by atoms with Crippen molar-refractivity contribution in [1.29, 1.82) is 0 Å². The van der Waals surface area contributed by atoms with Crippen molar-refractivity contribution in [1.82, 2.24) is 4.98 Å². The molecule has 0 bridgehead atoms. The summed E-state index contributed by atoms with van der Waals surface area (Å²) in [4.78, 5) is 56.9. The molecule has 2 aliphatic heterocycles. The van der Waals surface area contributed by atoms with Crippen LogP contribution in [0.5, 0.6) is 5.75 Å². The lowest BCUT2D eigenvalue weighted by Gasteiger charge is -2.30. The molecule has 3 atom stereocenters. The molecule has 8 nitrogen and oxygen atoms in total. The van der Waals surface area contributed by atoms with Crippen LogP contribution in [0.1, 0.15) is 21.9 Å². The van der Waals surface area contributed by atoms with Gasteiger partial charge < -0.3 is 15.0 Å². The first kappa shape index (κ1) is 29.8. The van der Waals surface area contributed by atoms with Crippen LogP contribution in [0.15, 0.2) is 101 Å². The van der Waals surface area contributed by atoms with Crippen molar-refractivity contribution in [3.05, 3.63) is 117 Å². The Morgan fingerprint density at radius 2 is 1.65 bits per heavy atom. The number of hydrogen-bond acceptors (Lipinski definition) is 7. The molecule has 1 saturated heterocycles. The van der Waals surface area contributed by atoms with Crippen molar-refractivity contribution in [3.8, 4) is 5.75 Å². The third kappa shape index (κ3) is 5.24. The standard InChI is InChI=1S/C33H22F3N3O5S2/c34-33(35,36)18-9-6-10-19(15-18)39-30(41)26-25(27-29(38-32(43)46-27)45-28(26)31(39)42)21-12-3-4-14-23(21)44-16-24(40)37-22-13-5-8-17-7-1-2-11-20(17)22/h1-15,25-26,28H,16H2,(H,37,40)(H,38,43). The smallest absolute Gasteiger partial charge is 0.416 e. The van der Waals surface area contributed by atoms with Gasteiger partial charge in [0.2, 0.25) is 11.8 Å².